The first-order valence-corrected chi connectivity index (χ1v) is 9.20. The molecular formula is C18H32N4O8. The molecule has 4 amide bonds. The molecule has 0 saturated carbocycles. The van der Waals surface area contributed by atoms with Crippen LogP contribution in [0.3, 0.4) is 0 Å². The number of nitrogens with one attached hydrogen (secondary N) is 4. The van der Waals surface area contributed by atoms with Crippen molar-refractivity contribution in [2.45, 2.75) is 58.8 Å². The van der Waals surface area contributed by atoms with Crippen molar-refractivity contribution in [3.63, 3.8) is 0 Å². The SMILES string of the molecule is COC(=O)CNC(=O)C(CNC(=O)OC(C)(C)C)NC(=O)CNC(=O)OC(C)(C)C. The molecule has 12 nitrogen and oxygen atoms in total. The standard InChI is InChI=1S/C18H32N4O8/c1-17(2,3)29-15(26)20-8-11(14(25)19-10-13(24)28-7)22-12(23)9-21-16(27)30-18(4,5)6/h11H,8-10H2,1-7H3,(H,19,25)(H,20,26)(H,21,27)(H,22,23). The quantitative estimate of drug-likeness (QED) is 0.303. The number of alkyl carbamates (subject to hydrolysis) is 2. The highest BCUT2D eigenvalue weighted by molar-refractivity contribution is 5.91. The molecule has 172 valence electrons. The van der Waals surface area contributed by atoms with Crippen LogP contribution in [-0.4, -0.2) is 74.0 Å². The zero-order valence-corrected chi connectivity index (χ0v) is 18.5. The Balaban J connectivity index is 4.86. The summed E-state index contributed by atoms with van der Waals surface area (Å²) in [6.07, 6.45) is -1.61. The highest BCUT2D eigenvalue weighted by Gasteiger charge is 2.24. The average molecular weight is 432 g/mol. The Kier molecular flexibility index (Phi) is 10.6. The molecule has 0 aliphatic rings. The Morgan fingerprint density at radius 3 is 1.73 bits per heavy atom. The number of methoxy groups -OCH3 is 1. The van der Waals surface area contributed by atoms with E-state index in [9.17, 15) is 24.0 Å². The number of hydrogen-bond donors (Lipinski definition) is 4. The topological polar surface area (TPSA) is 161 Å². The number of rotatable bonds is 8. The summed E-state index contributed by atoms with van der Waals surface area (Å²) in [5.41, 5.74) is -1.50. The Morgan fingerprint density at radius 1 is 0.767 bits per heavy atom. The lowest BCUT2D eigenvalue weighted by atomic mass is 10.2. The Hall–Kier alpha value is -3.05. The van der Waals surface area contributed by atoms with Gasteiger partial charge in [-0.05, 0) is 41.5 Å². The second-order valence-corrected chi connectivity index (χ2v) is 8.15. The van der Waals surface area contributed by atoms with Gasteiger partial charge in [0.05, 0.1) is 13.7 Å². The number of esters is 1. The van der Waals surface area contributed by atoms with E-state index >= 15 is 0 Å². The average Bonchev–Trinajstić information content (AvgIpc) is 2.58. The minimum atomic E-state index is -1.24. The predicted molar refractivity (Wildman–Crippen MR) is 105 cm³/mol. The largest absolute Gasteiger partial charge is 0.468 e. The molecule has 0 aliphatic carbocycles. The van der Waals surface area contributed by atoms with Crippen molar-refractivity contribution in [2.75, 3.05) is 26.7 Å². The minimum Gasteiger partial charge on any atom is -0.468 e. The van der Waals surface area contributed by atoms with Gasteiger partial charge in [0.25, 0.3) is 0 Å². The molecule has 4 N–H and O–H groups in total. The second-order valence-electron chi connectivity index (χ2n) is 8.15. The van der Waals surface area contributed by atoms with Crippen LogP contribution in [0.4, 0.5) is 9.59 Å². The molecular weight excluding hydrogens is 400 g/mol. The number of amides is 4. The third kappa shape index (κ3) is 14.0. The van der Waals surface area contributed by atoms with Gasteiger partial charge in [-0.15, -0.1) is 0 Å². The Labute approximate surface area is 175 Å². The maximum Gasteiger partial charge on any atom is 0.408 e. The van der Waals surface area contributed by atoms with E-state index in [1.807, 2.05) is 0 Å². The van der Waals surface area contributed by atoms with Gasteiger partial charge in [-0.3, -0.25) is 14.4 Å². The van der Waals surface area contributed by atoms with Crippen molar-refractivity contribution in [3.05, 3.63) is 0 Å². The van der Waals surface area contributed by atoms with Gasteiger partial charge < -0.3 is 35.5 Å². The van der Waals surface area contributed by atoms with Crippen LogP contribution in [0.1, 0.15) is 41.5 Å². The highest BCUT2D eigenvalue weighted by Crippen LogP contribution is 2.07. The van der Waals surface area contributed by atoms with E-state index in [0.717, 1.165) is 7.11 Å². The van der Waals surface area contributed by atoms with E-state index in [-0.39, 0.29) is 6.54 Å². The molecule has 12 heteroatoms. The monoisotopic (exact) mass is 432 g/mol. The first-order chi connectivity index (χ1) is 13.6. The zero-order valence-electron chi connectivity index (χ0n) is 18.5. The van der Waals surface area contributed by atoms with Crippen LogP contribution in [-0.2, 0) is 28.6 Å². The number of hydrogen-bond acceptors (Lipinski definition) is 8. The predicted octanol–water partition coefficient (Wildman–Crippen LogP) is -0.190. The fraction of sp³-hybridized carbons (Fsp3) is 0.722. The summed E-state index contributed by atoms with van der Waals surface area (Å²) in [6, 6.07) is -1.24. The molecule has 0 heterocycles. The number of carbonyl (C=O) groups excluding carboxylic acids is 5. The molecule has 0 saturated heterocycles. The van der Waals surface area contributed by atoms with E-state index in [4.69, 9.17) is 9.47 Å². The third-order valence-electron chi connectivity index (χ3n) is 2.93. The van der Waals surface area contributed by atoms with Crippen molar-refractivity contribution in [2.24, 2.45) is 0 Å². The first-order valence-electron chi connectivity index (χ1n) is 9.20. The Bertz CT molecular complexity index is 637. The normalized spacial score (nSPS) is 12.1. The van der Waals surface area contributed by atoms with Crippen LogP contribution >= 0.6 is 0 Å². The molecule has 0 aliphatic heterocycles. The summed E-state index contributed by atoms with van der Waals surface area (Å²) in [7, 11) is 1.15. The van der Waals surface area contributed by atoms with E-state index in [2.05, 4.69) is 26.0 Å². The maximum atomic E-state index is 12.3. The number of ether oxygens (including phenoxy) is 3. The molecule has 0 spiro atoms. The molecule has 0 fully saturated rings. The molecule has 0 aromatic carbocycles. The highest BCUT2D eigenvalue weighted by atomic mass is 16.6. The molecule has 0 radical (unpaired) electrons. The summed E-state index contributed by atoms with van der Waals surface area (Å²) in [5, 5.41) is 9.23. The second kappa shape index (κ2) is 11.8. The van der Waals surface area contributed by atoms with E-state index < -0.39 is 60.3 Å². The van der Waals surface area contributed by atoms with E-state index in [1.54, 1.807) is 41.5 Å². The molecule has 0 aromatic rings. The van der Waals surface area contributed by atoms with Crippen molar-refractivity contribution in [1.82, 2.24) is 21.3 Å². The fourth-order valence-corrected chi connectivity index (χ4v) is 1.78. The van der Waals surface area contributed by atoms with Crippen molar-refractivity contribution < 1.29 is 38.2 Å². The Morgan fingerprint density at radius 2 is 1.27 bits per heavy atom. The molecule has 30 heavy (non-hydrogen) atoms. The van der Waals surface area contributed by atoms with Gasteiger partial charge in [0.1, 0.15) is 30.3 Å². The third-order valence-corrected chi connectivity index (χ3v) is 2.93. The van der Waals surface area contributed by atoms with Gasteiger partial charge in [-0.1, -0.05) is 0 Å². The van der Waals surface area contributed by atoms with E-state index in [1.165, 1.54) is 0 Å². The molecule has 1 atom stereocenters. The lowest BCUT2D eigenvalue weighted by molar-refractivity contribution is -0.141. The minimum absolute atomic E-state index is 0.319. The van der Waals surface area contributed by atoms with Gasteiger partial charge in [0, 0.05) is 0 Å². The summed E-state index contributed by atoms with van der Waals surface area (Å²) in [5.74, 6) is -2.16. The van der Waals surface area contributed by atoms with Crippen LogP contribution in [0.2, 0.25) is 0 Å². The first kappa shape index (κ1) is 27.0. The summed E-state index contributed by atoms with van der Waals surface area (Å²) < 4.78 is 14.5. The van der Waals surface area contributed by atoms with Crippen LogP contribution < -0.4 is 21.3 Å². The van der Waals surface area contributed by atoms with Crippen molar-refractivity contribution in [1.29, 1.82) is 0 Å². The maximum absolute atomic E-state index is 12.3. The smallest absolute Gasteiger partial charge is 0.408 e. The molecule has 0 aromatic heterocycles. The van der Waals surface area contributed by atoms with Crippen LogP contribution in [0.25, 0.3) is 0 Å². The fourth-order valence-electron chi connectivity index (χ4n) is 1.78. The summed E-state index contributed by atoms with van der Waals surface area (Å²) in [6.45, 7) is 8.77. The molecule has 0 bridgehead atoms. The van der Waals surface area contributed by atoms with Gasteiger partial charge in [0.15, 0.2) is 0 Å². The van der Waals surface area contributed by atoms with Crippen LogP contribution in [0.5, 0.6) is 0 Å². The number of carbonyl (C=O) groups is 5. The lowest BCUT2D eigenvalue weighted by Crippen LogP contribution is -2.55. The van der Waals surface area contributed by atoms with Gasteiger partial charge in [0.2, 0.25) is 11.8 Å². The lowest BCUT2D eigenvalue weighted by Gasteiger charge is -2.22. The van der Waals surface area contributed by atoms with Gasteiger partial charge in [-0.25, -0.2) is 9.59 Å². The molecule has 0 rings (SSSR count). The van der Waals surface area contributed by atoms with Gasteiger partial charge in [-0.2, -0.15) is 0 Å². The van der Waals surface area contributed by atoms with E-state index in [0.29, 0.717) is 0 Å². The summed E-state index contributed by atoms with van der Waals surface area (Å²) >= 11 is 0. The molecule has 1 unspecified atom stereocenters. The van der Waals surface area contributed by atoms with Crippen molar-refractivity contribution in [3.8, 4) is 0 Å². The summed E-state index contributed by atoms with van der Waals surface area (Å²) in [4.78, 5) is 59.0. The van der Waals surface area contributed by atoms with Crippen LogP contribution in [0, 0.1) is 0 Å². The van der Waals surface area contributed by atoms with Crippen LogP contribution in [0.15, 0.2) is 0 Å². The van der Waals surface area contributed by atoms with Crippen molar-refractivity contribution >= 4 is 30.0 Å². The zero-order chi connectivity index (χ0) is 23.5. The van der Waals surface area contributed by atoms with Gasteiger partial charge >= 0.3 is 18.2 Å².